The summed E-state index contributed by atoms with van der Waals surface area (Å²) in [7, 11) is -0.00443. The van der Waals surface area contributed by atoms with Crippen LogP contribution in [-0.4, -0.2) is 39.1 Å². The molecule has 2 fully saturated rings. The Hall–Kier alpha value is -0.683. The maximum absolute atomic E-state index is 6.96. The molecule has 2 saturated heterocycles. The minimum Gasteiger partial charge on any atom is -0.410 e. The molecule has 2 aliphatic rings. The minimum absolute atomic E-state index is 0.127. The van der Waals surface area contributed by atoms with E-state index in [1.165, 1.54) is 24.9 Å². The molecule has 0 unspecified atom stereocenters. The molecular weight excluding hydrogens is 314 g/mol. The summed E-state index contributed by atoms with van der Waals surface area (Å²) in [5, 5.41) is 0.209. The first-order valence-electron chi connectivity index (χ1n) is 9.26. The monoisotopic (exact) mass is 347 g/mol. The molecule has 0 saturated carbocycles. The molecule has 24 heavy (non-hydrogen) atoms. The molecule has 0 amide bonds. The second-order valence-electron chi connectivity index (χ2n) is 8.92. The van der Waals surface area contributed by atoms with Gasteiger partial charge in [0.25, 0.3) is 0 Å². The number of hydrogen-bond acceptors (Lipinski definition) is 3. The van der Waals surface area contributed by atoms with Crippen LogP contribution >= 0.6 is 0 Å². The first kappa shape index (κ1) is 18.1. The highest BCUT2D eigenvalue weighted by atomic mass is 28.4. The largest absolute Gasteiger partial charge is 0.410 e. The summed E-state index contributed by atoms with van der Waals surface area (Å²) in [5.74, 6) is 0.416. The van der Waals surface area contributed by atoms with E-state index in [9.17, 15) is 0 Å². The summed E-state index contributed by atoms with van der Waals surface area (Å²) in [4.78, 5) is 2.52. The van der Waals surface area contributed by atoms with Gasteiger partial charge in [0.1, 0.15) is 6.23 Å². The van der Waals surface area contributed by atoms with Gasteiger partial charge in [0.2, 0.25) is 0 Å². The fourth-order valence-electron chi connectivity index (χ4n) is 3.85. The minimum atomic E-state index is -1.86. The van der Waals surface area contributed by atoms with Gasteiger partial charge >= 0.3 is 0 Å². The topological polar surface area (TPSA) is 21.7 Å². The van der Waals surface area contributed by atoms with Gasteiger partial charge in [-0.15, -0.1) is 0 Å². The van der Waals surface area contributed by atoms with Crippen molar-refractivity contribution in [1.29, 1.82) is 0 Å². The van der Waals surface area contributed by atoms with Crippen molar-refractivity contribution in [1.82, 2.24) is 4.90 Å². The zero-order valence-corrected chi connectivity index (χ0v) is 17.1. The predicted molar refractivity (Wildman–Crippen MR) is 101 cm³/mol. The Labute approximate surface area is 148 Å². The van der Waals surface area contributed by atoms with Gasteiger partial charge in [0.15, 0.2) is 8.32 Å². The van der Waals surface area contributed by atoms with Crippen molar-refractivity contribution in [2.24, 2.45) is 5.92 Å². The average molecular weight is 348 g/mol. The quantitative estimate of drug-likeness (QED) is 0.713. The fourth-order valence-corrected chi connectivity index (χ4v) is 5.15. The molecule has 0 aliphatic carbocycles. The highest BCUT2D eigenvalue weighted by Crippen LogP contribution is 2.48. The summed E-state index contributed by atoms with van der Waals surface area (Å²) in [6.07, 6.45) is 2.81. The van der Waals surface area contributed by atoms with E-state index in [1.807, 2.05) is 7.11 Å². The van der Waals surface area contributed by atoms with E-state index < -0.39 is 8.32 Å². The van der Waals surface area contributed by atoms with Crippen LogP contribution in [0.3, 0.4) is 0 Å². The molecule has 4 heteroatoms. The van der Waals surface area contributed by atoms with E-state index in [0.29, 0.717) is 12.0 Å². The van der Waals surface area contributed by atoms with Crippen LogP contribution in [0.25, 0.3) is 0 Å². The molecular formula is C20H33NO2Si. The maximum Gasteiger partial charge on any atom is 0.192 e. The third-order valence-corrected chi connectivity index (χ3v) is 10.9. The first-order valence-corrected chi connectivity index (χ1v) is 12.2. The Balaban J connectivity index is 1.91. The number of benzene rings is 1. The Morgan fingerprint density at radius 1 is 1.17 bits per heavy atom. The summed E-state index contributed by atoms with van der Waals surface area (Å²) in [6.45, 7) is 12.8. The van der Waals surface area contributed by atoms with Gasteiger partial charge in [-0.2, -0.15) is 0 Å². The van der Waals surface area contributed by atoms with Crippen LogP contribution in [0.1, 0.15) is 45.3 Å². The van der Waals surface area contributed by atoms with Crippen molar-refractivity contribution in [3.63, 3.8) is 0 Å². The molecule has 0 aromatic heterocycles. The number of hydrogen-bond donors (Lipinski definition) is 0. The van der Waals surface area contributed by atoms with Crippen molar-refractivity contribution in [3.8, 4) is 0 Å². The second-order valence-corrected chi connectivity index (χ2v) is 13.7. The van der Waals surface area contributed by atoms with E-state index in [-0.39, 0.29) is 17.4 Å². The molecule has 2 aliphatic heterocycles. The van der Waals surface area contributed by atoms with Crippen LogP contribution < -0.4 is 0 Å². The Morgan fingerprint density at radius 3 is 2.33 bits per heavy atom. The Bertz CT molecular complexity index is 555. The van der Waals surface area contributed by atoms with Crippen molar-refractivity contribution >= 4 is 8.32 Å². The normalized spacial score (nSPS) is 29.2. The first-order chi connectivity index (χ1) is 11.2. The summed E-state index contributed by atoms with van der Waals surface area (Å²) in [6, 6.07) is 11.5. The zero-order valence-electron chi connectivity index (χ0n) is 16.1. The smallest absolute Gasteiger partial charge is 0.192 e. The molecule has 1 aromatic rings. The molecule has 0 spiro atoms. The lowest BCUT2D eigenvalue weighted by atomic mass is 9.91. The van der Waals surface area contributed by atoms with Crippen LogP contribution in [0, 0.1) is 5.92 Å². The lowest BCUT2D eigenvalue weighted by Crippen LogP contribution is -2.49. The number of nitrogens with zero attached hydrogens (tertiary/aromatic N) is 1. The van der Waals surface area contributed by atoms with Gasteiger partial charge in [0, 0.05) is 25.6 Å². The third kappa shape index (κ3) is 3.21. The molecule has 1 aromatic carbocycles. The van der Waals surface area contributed by atoms with Crippen LogP contribution in [-0.2, 0) is 9.16 Å². The number of fused-ring (bicyclic) bond motifs is 1. The molecule has 3 rings (SSSR count). The summed E-state index contributed by atoms with van der Waals surface area (Å²) < 4.78 is 12.9. The Kier molecular flexibility index (Phi) is 4.95. The maximum atomic E-state index is 6.96. The number of methoxy groups -OCH3 is 1. The van der Waals surface area contributed by atoms with E-state index in [1.54, 1.807) is 0 Å². The van der Waals surface area contributed by atoms with E-state index in [2.05, 4.69) is 69.1 Å². The Morgan fingerprint density at radius 2 is 1.83 bits per heavy atom. The van der Waals surface area contributed by atoms with Crippen LogP contribution in [0.2, 0.25) is 18.1 Å². The SMILES string of the molecule is CO[C@H]1[C@H]([C@@H](O[Si](C)(C)C(C)(C)C)c2ccccc2)C[C@@H]2CCN21. The van der Waals surface area contributed by atoms with Gasteiger partial charge in [-0.3, -0.25) is 4.90 Å². The van der Waals surface area contributed by atoms with Gasteiger partial charge in [-0.1, -0.05) is 51.1 Å². The number of ether oxygens (including phenoxy) is 1. The van der Waals surface area contributed by atoms with Crippen molar-refractivity contribution in [2.75, 3.05) is 13.7 Å². The molecule has 2 heterocycles. The standard InChI is InChI=1S/C20H33NO2Si/c1-20(2,3)24(5,6)23-18(15-10-8-7-9-11-15)17-14-16-12-13-21(16)19(17)22-4/h7-11,16-19H,12-14H2,1-6H3/t16-,17-,18-,19-/m0/s1. The average Bonchev–Trinajstić information content (AvgIpc) is 2.75. The molecule has 0 radical (unpaired) electrons. The lowest BCUT2D eigenvalue weighted by molar-refractivity contribution is -0.0904. The van der Waals surface area contributed by atoms with Gasteiger partial charge in [0.05, 0.1) is 6.10 Å². The highest BCUT2D eigenvalue weighted by Gasteiger charge is 2.51. The molecule has 0 N–H and O–H groups in total. The van der Waals surface area contributed by atoms with Crippen molar-refractivity contribution in [2.45, 2.75) is 70.1 Å². The second kappa shape index (κ2) is 6.56. The van der Waals surface area contributed by atoms with Crippen LogP contribution in [0.15, 0.2) is 30.3 Å². The fraction of sp³-hybridized carbons (Fsp3) is 0.700. The molecule has 0 bridgehead atoms. The molecule has 134 valence electrons. The van der Waals surface area contributed by atoms with Gasteiger partial charge < -0.3 is 9.16 Å². The molecule has 3 nitrogen and oxygen atoms in total. The van der Waals surface area contributed by atoms with E-state index >= 15 is 0 Å². The van der Waals surface area contributed by atoms with Crippen LogP contribution in [0.4, 0.5) is 0 Å². The van der Waals surface area contributed by atoms with Crippen molar-refractivity contribution in [3.05, 3.63) is 35.9 Å². The third-order valence-electron chi connectivity index (χ3n) is 6.41. The highest BCUT2D eigenvalue weighted by molar-refractivity contribution is 6.74. The van der Waals surface area contributed by atoms with Gasteiger partial charge in [-0.05, 0) is 36.5 Å². The lowest BCUT2D eigenvalue weighted by Gasteiger charge is -2.42. The van der Waals surface area contributed by atoms with E-state index in [4.69, 9.17) is 9.16 Å². The van der Waals surface area contributed by atoms with Crippen LogP contribution in [0.5, 0.6) is 0 Å². The zero-order chi connectivity index (χ0) is 17.5. The van der Waals surface area contributed by atoms with E-state index in [0.717, 1.165) is 0 Å². The summed E-state index contributed by atoms with van der Waals surface area (Å²) >= 11 is 0. The van der Waals surface area contributed by atoms with Crippen molar-refractivity contribution < 1.29 is 9.16 Å². The summed E-state index contributed by atoms with van der Waals surface area (Å²) in [5.41, 5.74) is 1.30. The van der Waals surface area contributed by atoms with Gasteiger partial charge in [-0.25, -0.2) is 0 Å². The number of rotatable bonds is 5. The molecule has 4 atom stereocenters. The predicted octanol–water partition coefficient (Wildman–Crippen LogP) is 4.82.